The second-order valence-electron chi connectivity index (χ2n) is 8.65. The molecular formula is C27H36N2O2S. The van der Waals surface area contributed by atoms with E-state index in [1.807, 2.05) is 30.0 Å². The number of carbonyl (C=O) groups is 2. The molecule has 5 heteroatoms. The third kappa shape index (κ3) is 7.40. The summed E-state index contributed by atoms with van der Waals surface area (Å²) in [5.74, 6) is 0.783. The fraction of sp³-hybridized carbons (Fsp3) is 0.481. The lowest BCUT2D eigenvalue weighted by molar-refractivity contribution is -0.140. The van der Waals surface area contributed by atoms with Gasteiger partial charge in [0.05, 0.1) is 0 Å². The van der Waals surface area contributed by atoms with Gasteiger partial charge in [-0.25, -0.2) is 0 Å². The Hall–Kier alpha value is -2.27. The number of thioether (sulfide) groups is 1. The normalized spacial score (nSPS) is 14.8. The maximum absolute atomic E-state index is 13.3. The van der Waals surface area contributed by atoms with Crippen LogP contribution < -0.4 is 5.32 Å². The Balaban J connectivity index is 1.63. The molecule has 32 heavy (non-hydrogen) atoms. The fourth-order valence-electron chi connectivity index (χ4n) is 4.30. The van der Waals surface area contributed by atoms with Crippen LogP contribution in [0, 0.1) is 6.92 Å². The van der Waals surface area contributed by atoms with Crippen molar-refractivity contribution in [2.24, 2.45) is 0 Å². The van der Waals surface area contributed by atoms with E-state index >= 15 is 0 Å². The van der Waals surface area contributed by atoms with Crippen LogP contribution in [0.25, 0.3) is 0 Å². The molecule has 0 radical (unpaired) electrons. The molecule has 1 fully saturated rings. The zero-order valence-electron chi connectivity index (χ0n) is 19.4. The smallest absolute Gasteiger partial charge is 0.243 e. The monoisotopic (exact) mass is 452 g/mol. The van der Waals surface area contributed by atoms with Gasteiger partial charge in [-0.2, -0.15) is 0 Å². The first-order valence-corrected chi connectivity index (χ1v) is 12.9. The lowest BCUT2D eigenvalue weighted by Gasteiger charge is -2.31. The maximum Gasteiger partial charge on any atom is 0.243 e. The minimum atomic E-state index is -0.406. The predicted octanol–water partition coefficient (Wildman–Crippen LogP) is 5.39. The van der Waals surface area contributed by atoms with Crippen molar-refractivity contribution < 1.29 is 9.59 Å². The highest BCUT2D eigenvalue weighted by atomic mass is 32.2. The molecule has 2 aromatic carbocycles. The van der Waals surface area contributed by atoms with Crippen molar-refractivity contribution in [2.75, 3.05) is 12.3 Å². The Morgan fingerprint density at radius 2 is 1.75 bits per heavy atom. The molecule has 1 atom stereocenters. The van der Waals surface area contributed by atoms with Crippen LogP contribution in [0.1, 0.15) is 56.6 Å². The van der Waals surface area contributed by atoms with Crippen molar-refractivity contribution in [3.8, 4) is 0 Å². The van der Waals surface area contributed by atoms with Crippen LogP contribution in [0.2, 0.25) is 0 Å². The molecule has 0 heterocycles. The van der Waals surface area contributed by atoms with Gasteiger partial charge in [0.15, 0.2) is 0 Å². The Morgan fingerprint density at radius 3 is 2.41 bits per heavy atom. The van der Waals surface area contributed by atoms with Crippen LogP contribution in [-0.4, -0.2) is 41.1 Å². The number of nitrogens with one attached hydrogen (secondary N) is 1. The zero-order chi connectivity index (χ0) is 22.8. The lowest BCUT2D eigenvalue weighted by Crippen LogP contribution is -2.51. The maximum atomic E-state index is 13.3. The number of carbonyl (C=O) groups excluding carboxylic acids is 2. The standard InChI is InChI=1S/C27H36N2O2S/c1-3-25(27(31)28-23-11-7-8-12-23)29(19-17-22-9-5-4-6-10-22)26(30)18-20-32-24-15-13-21(2)14-16-24/h4-6,9-10,13-16,23,25H,3,7-8,11-12,17-20H2,1-2H3,(H,28,31)/t25-/m1/s1. The molecule has 1 aliphatic carbocycles. The Morgan fingerprint density at radius 1 is 1.06 bits per heavy atom. The van der Waals surface area contributed by atoms with E-state index < -0.39 is 6.04 Å². The average molecular weight is 453 g/mol. The summed E-state index contributed by atoms with van der Waals surface area (Å²) in [6.45, 7) is 4.64. The minimum absolute atomic E-state index is 0.00648. The number of aryl methyl sites for hydroxylation is 1. The summed E-state index contributed by atoms with van der Waals surface area (Å²) in [6.07, 6.45) is 6.26. The Labute approximate surface area is 197 Å². The van der Waals surface area contributed by atoms with Gasteiger partial charge in [-0.3, -0.25) is 9.59 Å². The van der Waals surface area contributed by atoms with Gasteiger partial charge in [0.1, 0.15) is 6.04 Å². The van der Waals surface area contributed by atoms with Crippen molar-refractivity contribution >= 4 is 23.6 Å². The van der Waals surface area contributed by atoms with Gasteiger partial charge >= 0.3 is 0 Å². The molecule has 3 rings (SSSR count). The van der Waals surface area contributed by atoms with Gasteiger partial charge in [-0.05, 0) is 50.3 Å². The first-order chi connectivity index (χ1) is 15.6. The van der Waals surface area contributed by atoms with E-state index in [1.54, 1.807) is 11.8 Å². The van der Waals surface area contributed by atoms with Gasteiger partial charge in [0.2, 0.25) is 11.8 Å². The average Bonchev–Trinajstić information content (AvgIpc) is 3.31. The highest BCUT2D eigenvalue weighted by Gasteiger charge is 2.30. The molecule has 1 N–H and O–H groups in total. The summed E-state index contributed by atoms with van der Waals surface area (Å²) in [6, 6.07) is 18.4. The van der Waals surface area contributed by atoms with Crippen LogP contribution in [-0.2, 0) is 16.0 Å². The molecule has 0 unspecified atom stereocenters. The van der Waals surface area contributed by atoms with E-state index in [0.29, 0.717) is 25.1 Å². The van der Waals surface area contributed by atoms with Crippen LogP contribution in [0.5, 0.6) is 0 Å². The first-order valence-electron chi connectivity index (χ1n) is 11.9. The zero-order valence-corrected chi connectivity index (χ0v) is 20.2. The fourth-order valence-corrected chi connectivity index (χ4v) is 5.14. The number of nitrogens with zero attached hydrogens (tertiary/aromatic N) is 1. The van der Waals surface area contributed by atoms with Crippen molar-refractivity contribution in [3.05, 3.63) is 65.7 Å². The van der Waals surface area contributed by atoms with Crippen molar-refractivity contribution in [3.63, 3.8) is 0 Å². The summed E-state index contributed by atoms with van der Waals surface area (Å²) in [5, 5.41) is 3.21. The largest absolute Gasteiger partial charge is 0.352 e. The van der Waals surface area contributed by atoms with E-state index in [-0.39, 0.29) is 17.9 Å². The molecule has 0 saturated heterocycles. The quantitative estimate of drug-likeness (QED) is 0.465. The molecule has 0 aliphatic heterocycles. The second-order valence-corrected chi connectivity index (χ2v) is 9.82. The van der Waals surface area contributed by atoms with Crippen LogP contribution in [0.4, 0.5) is 0 Å². The highest BCUT2D eigenvalue weighted by Crippen LogP contribution is 2.21. The second kappa shape index (κ2) is 12.7. The summed E-state index contributed by atoms with van der Waals surface area (Å²) in [7, 11) is 0. The van der Waals surface area contributed by atoms with Gasteiger partial charge in [-0.15, -0.1) is 11.8 Å². The SMILES string of the molecule is CC[C@H](C(=O)NC1CCCC1)N(CCc1ccccc1)C(=O)CCSc1ccc(C)cc1. The van der Waals surface area contributed by atoms with Gasteiger partial charge in [0.25, 0.3) is 0 Å². The van der Waals surface area contributed by atoms with Crippen LogP contribution in [0.15, 0.2) is 59.5 Å². The molecule has 1 saturated carbocycles. The Kier molecular flexibility index (Phi) is 9.66. The number of hydrogen-bond acceptors (Lipinski definition) is 3. The van der Waals surface area contributed by atoms with E-state index in [2.05, 4.69) is 48.6 Å². The molecule has 0 spiro atoms. The summed E-state index contributed by atoms with van der Waals surface area (Å²) in [4.78, 5) is 29.4. The number of hydrogen-bond donors (Lipinski definition) is 1. The van der Waals surface area contributed by atoms with E-state index in [0.717, 1.165) is 19.3 Å². The predicted molar refractivity (Wildman–Crippen MR) is 133 cm³/mol. The number of benzene rings is 2. The summed E-state index contributed by atoms with van der Waals surface area (Å²) < 4.78 is 0. The van der Waals surface area contributed by atoms with Gasteiger partial charge < -0.3 is 10.2 Å². The summed E-state index contributed by atoms with van der Waals surface area (Å²) in [5.41, 5.74) is 2.42. The van der Waals surface area contributed by atoms with Crippen molar-refractivity contribution in [1.82, 2.24) is 10.2 Å². The summed E-state index contributed by atoms with van der Waals surface area (Å²) >= 11 is 1.70. The highest BCUT2D eigenvalue weighted by molar-refractivity contribution is 7.99. The van der Waals surface area contributed by atoms with E-state index in [4.69, 9.17) is 0 Å². The Bertz CT molecular complexity index is 848. The molecule has 172 valence electrons. The van der Waals surface area contributed by atoms with Crippen molar-refractivity contribution in [1.29, 1.82) is 0 Å². The number of rotatable bonds is 11. The first kappa shape index (κ1) is 24.4. The molecule has 2 amide bonds. The topological polar surface area (TPSA) is 49.4 Å². The van der Waals surface area contributed by atoms with Crippen LogP contribution >= 0.6 is 11.8 Å². The third-order valence-electron chi connectivity index (χ3n) is 6.18. The molecule has 1 aliphatic rings. The van der Waals surface area contributed by atoms with E-state index in [1.165, 1.54) is 28.9 Å². The molecule has 4 nitrogen and oxygen atoms in total. The molecule has 0 bridgehead atoms. The number of amides is 2. The third-order valence-corrected chi connectivity index (χ3v) is 7.19. The minimum Gasteiger partial charge on any atom is -0.352 e. The lowest BCUT2D eigenvalue weighted by atomic mass is 10.1. The molecular weight excluding hydrogens is 416 g/mol. The van der Waals surface area contributed by atoms with Gasteiger partial charge in [-0.1, -0.05) is 67.8 Å². The van der Waals surface area contributed by atoms with E-state index in [9.17, 15) is 9.59 Å². The van der Waals surface area contributed by atoms with Crippen LogP contribution in [0.3, 0.4) is 0 Å². The van der Waals surface area contributed by atoms with Crippen molar-refractivity contribution in [2.45, 2.75) is 75.8 Å². The molecule has 2 aromatic rings. The molecule has 0 aromatic heterocycles. The van der Waals surface area contributed by atoms with Gasteiger partial charge in [0, 0.05) is 29.7 Å².